The predicted molar refractivity (Wildman–Crippen MR) is 44.3 cm³/mol. The summed E-state index contributed by atoms with van der Waals surface area (Å²) in [5.74, 6) is 0. The number of hydrogen-bond acceptors (Lipinski definition) is 7. The SMILES string of the molecule is CC.CC.O=[OH+].O=[P+]([O-])OP(=O)([O-])[O-]. The molecule has 0 heterocycles. The van der Waals surface area contributed by atoms with E-state index in [1.54, 1.807) is 0 Å². The Bertz CT molecular complexity index is 153. The molecule has 0 aromatic rings. The highest BCUT2D eigenvalue weighted by atomic mass is 31.2. The summed E-state index contributed by atoms with van der Waals surface area (Å²) >= 11 is 0. The maximum Gasteiger partial charge on any atom is 0.492 e. The summed E-state index contributed by atoms with van der Waals surface area (Å²) in [5, 5.41) is 0. The summed E-state index contributed by atoms with van der Waals surface area (Å²) in [6.07, 6.45) is 0. The van der Waals surface area contributed by atoms with E-state index in [2.05, 4.69) is 4.31 Å². The first-order valence-electron chi connectivity index (χ1n) is 3.46. The summed E-state index contributed by atoms with van der Waals surface area (Å²) in [5.41, 5.74) is 0. The second-order valence-electron chi connectivity index (χ2n) is 0.752. The van der Waals surface area contributed by atoms with E-state index in [1.165, 1.54) is 0 Å². The normalized spacial score (nSPS) is 8.93. The summed E-state index contributed by atoms with van der Waals surface area (Å²) in [7, 11) is -8.89. The van der Waals surface area contributed by atoms with E-state index in [1.807, 2.05) is 27.7 Å². The lowest BCUT2D eigenvalue weighted by Gasteiger charge is -2.20. The lowest BCUT2D eigenvalue weighted by atomic mass is 11.0. The van der Waals surface area contributed by atoms with E-state index in [0.29, 0.717) is 0 Å². The van der Waals surface area contributed by atoms with E-state index in [4.69, 9.17) is 9.93 Å². The van der Waals surface area contributed by atoms with Crippen molar-refractivity contribution in [3.8, 4) is 0 Å². The average molecular weight is 251 g/mol. The molecule has 0 spiro atoms. The minimum atomic E-state index is -5.32. The van der Waals surface area contributed by atoms with Gasteiger partial charge in [0, 0.05) is 4.96 Å². The topological polar surface area (TPSA) is 151 Å². The highest BCUT2D eigenvalue weighted by molar-refractivity contribution is 7.52. The maximum atomic E-state index is 9.31. The molecule has 1 atom stereocenters. The smallest absolute Gasteiger partial charge is 0.492 e. The van der Waals surface area contributed by atoms with Gasteiger partial charge < -0.3 is 19.2 Å². The van der Waals surface area contributed by atoms with Gasteiger partial charge in [-0.25, -0.2) is 0 Å². The van der Waals surface area contributed by atoms with Crippen molar-refractivity contribution in [2.24, 2.45) is 0 Å². The Kier molecular flexibility index (Phi) is 31.1. The van der Waals surface area contributed by atoms with E-state index < -0.39 is 16.1 Å². The monoisotopic (exact) mass is 251 g/mol. The first kappa shape index (κ1) is 23.5. The predicted octanol–water partition coefficient (Wildman–Crippen LogP) is -0.242. The summed E-state index contributed by atoms with van der Waals surface area (Å²) < 4.78 is 21.4. The first-order valence-corrected chi connectivity index (χ1v) is 6.02. The van der Waals surface area contributed by atoms with Crippen LogP contribution in [0.4, 0.5) is 0 Å². The van der Waals surface area contributed by atoms with Crippen LogP contribution in [-0.4, -0.2) is 4.96 Å². The number of rotatable bonds is 2. The van der Waals surface area contributed by atoms with Crippen LogP contribution in [-0.2, 0) is 13.4 Å². The molecule has 0 amide bonds. The molecule has 0 radical (unpaired) electrons. The lowest BCUT2D eigenvalue weighted by Crippen LogP contribution is -2.14. The van der Waals surface area contributed by atoms with Gasteiger partial charge in [0.25, 0.3) is 0 Å². The molecule has 0 aromatic carbocycles. The number of phosphoric acid groups is 1. The zero-order valence-corrected chi connectivity index (χ0v) is 9.99. The molecule has 0 bridgehead atoms. The highest BCUT2D eigenvalue weighted by Gasteiger charge is 2.02. The zero-order chi connectivity index (χ0) is 12.8. The fourth-order valence-electron chi connectivity index (χ4n) is 0.0816. The summed E-state index contributed by atoms with van der Waals surface area (Å²) in [4.78, 5) is 40.9. The van der Waals surface area contributed by atoms with Crippen molar-refractivity contribution in [3.05, 3.63) is 4.96 Å². The molecule has 0 rings (SSSR count). The van der Waals surface area contributed by atoms with E-state index in [-0.39, 0.29) is 0 Å². The molecule has 0 aliphatic rings. The van der Waals surface area contributed by atoms with E-state index in [9.17, 15) is 23.8 Å². The van der Waals surface area contributed by atoms with Gasteiger partial charge in [0.1, 0.15) is 7.82 Å². The van der Waals surface area contributed by atoms with Crippen molar-refractivity contribution in [1.82, 2.24) is 0 Å². The van der Waals surface area contributed by atoms with Crippen molar-refractivity contribution in [3.63, 3.8) is 0 Å². The molecule has 1 unspecified atom stereocenters. The van der Waals surface area contributed by atoms with Gasteiger partial charge in [-0.15, -0.1) is 4.31 Å². The summed E-state index contributed by atoms with van der Waals surface area (Å²) in [6, 6.07) is 0. The van der Waals surface area contributed by atoms with Gasteiger partial charge >= 0.3 is 8.25 Å². The molecular weight excluding hydrogens is 238 g/mol. The average Bonchev–Trinajstić information content (AvgIpc) is 2.11. The van der Waals surface area contributed by atoms with Gasteiger partial charge in [-0.1, -0.05) is 27.7 Å². The van der Waals surface area contributed by atoms with E-state index >= 15 is 0 Å². The van der Waals surface area contributed by atoms with Gasteiger partial charge in [-0.05, 0) is 4.57 Å². The zero-order valence-electron chi connectivity index (χ0n) is 8.20. The van der Waals surface area contributed by atoms with Crippen LogP contribution in [0.5, 0.6) is 0 Å². The van der Waals surface area contributed by atoms with E-state index in [0.717, 1.165) is 0 Å². The molecule has 0 fully saturated rings. The minimum Gasteiger partial charge on any atom is -0.786 e. The van der Waals surface area contributed by atoms with Crippen LogP contribution in [0, 0.1) is 4.96 Å². The Morgan fingerprint density at radius 3 is 1.36 bits per heavy atom. The molecule has 0 aliphatic carbocycles. The third-order valence-electron chi connectivity index (χ3n) is 0.167. The first-order chi connectivity index (χ1) is 6.42. The number of hydrogen-bond donors (Lipinski definition) is 0. The van der Waals surface area contributed by atoms with Gasteiger partial charge in [0.15, 0.2) is 0 Å². The molecular formula is C4H13O8P2-. The van der Waals surface area contributed by atoms with Crippen LogP contribution in [0.25, 0.3) is 0 Å². The van der Waals surface area contributed by atoms with Gasteiger partial charge in [0.2, 0.25) is 4.96 Å². The molecule has 0 aliphatic heterocycles. The maximum absolute atomic E-state index is 9.31. The highest BCUT2D eigenvalue weighted by Crippen LogP contribution is 2.35. The third-order valence-corrected chi connectivity index (χ3v) is 1.50. The Balaban J connectivity index is -0.0000000708. The van der Waals surface area contributed by atoms with Crippen molar-refractivity contribution in [1.29, 1.82) is 0 Å². The lowest BCUT2D eigenvalue weighted by molar-refractivity contribution is -0.336. The second-order valence-corrected chi connectivity index (χ2v) is 2.75. The largest absolute Gasteiger partial charge is 0.786 e. The van der Waals surface area contributed by atoms with Crippen LogP contribution in [0.2, 0.25) is 0 Å². The van der Waals surface area contributed by atoms with Crippen LogP contribution < -0.4 is 14.7 Å². The van der Waals surface area contributed by atoms with Crippen molar-refractivity contribution in [2.75, 3.05) is 0 Å². The molecule has 0 aromatic heterocycles. The van der Waals surface area contributed by atoms with Gasteiger partial charge in [-0.3, -0.25) is 0 Å². The molecule has 0 saturated heterocycles. The molecule has 14 heavy (non-hydrogen) atoms. The Morgan fingerprint density at radius 1 is 1.14 bits per heavy atom. The minimum absolute atomic E-state index is 2.00. The van der Waals surface area contributed by atoms with Crippen LogP contribution >= 0.6 is 16.1 Å². The van der Waals surface area contributed by atoms with Gasteiger partial charge in [-0.2, -0.15) is 0 Å². The Hall–Kier alpha value is -0.230. The Labute approximate surface area is 82.7 Å². The van der Waals surface area contributed by atoms with Crippen LogP contribution in [0.1, 0.15) is 27.7 Å². The standard InChI is InChI=1S/2C2H6.H2O6P2.O2/c2*1-2;1-7(2)6-8(3,4)5;1-2/h2*1-2H3;(H2,3,4,5);/p-1. The quantitative estimate of drug-likeness (QED) is 0.484. The van der Waals surface area contributed by atoms with Crippen molar-refractivity contribution >= 4 is 16.1 Å². The van der Waals surface area contributed by atoms with Crippen molar-refractivity contribution < 1.29 is 33.1 Å². The second kappa shape index (κ2) is 18.5. The van der Waals surface area contributed by atoms with Crippen LogP contribution in [0.15, 0.2) is 0 Å². The molecule has 8 nitrogen and oxygen atoms in total. The molecule has 1 N–H and O–H groups in total. The summed E-state index contributed by atoms with van der Waals surface area (Å²) in [6.45, 7) is 8.00. The third kappa shape index (κ3) is 60.0. The molecule has 10 heteroatoms. The fraction of sp³-hybridized carbons (Fsp3) is 1.00. The molecule has 88 valence electrons. The van der Waals surface area contributed by atoms with Crippen LogP contribution in [0.3, 0.4) is 0 Å². The van der Waals surface area contributed by atoms with Gasteiger partial charge in [0.05, 0.1) is 0 Å². The molecule has 0 saturated carbocycles. The van der Waals surface area contributed by atoms with Crippen molar-refractivity contribution in [2.45, 2.75) is 27.7 Å². The Morgan fingerprint density at radius 2 is 1.36 bits per heavy atom. The fourth-order valence-corrected chi connectivity index (χ4v) is 0.735.